The third-order valence-corrected chi connectivity index (χ3v) is 4.57. The molecule has 1 saturated heterocycles. The van der Waals surface area contributed by atoms with Crippen LogP contribution in [0.15, 0.2) is 12.4 Å². The highest BCUT2D eigenvalue weighted by atomic mass is 15.3. The van der Waals surface area contributed by atoms with Crippen LogP contribution in [0.2, 0.25) is 0 Å². The number of nitrogens with zero attached hydrogens (tertiary/aromatic N) is 3. The number of aryl methyl sites for hydroxylation is 1. The van der Waals surface area contributed by atoms with Crippen molar-refractivity contribution in [2.75, 3.05) is 20.1 Å². The first kappa shape index (κ1) is 13.6. The number of likely N-dealkylation sites (N-methyl/N-ethyl adjacent to an activating group) is 1. The van der Waals surface area contributed by atoms with Crippen LogP contribution in [-0.2, 0) is 7.05 Å². The summed E-state index contributed by atoms with van der Waals surface area (Å²) in [4.78, 5) is 7.17. The minimum Gasteiger partial charge on any atom is -0.337 e. The number of rotatable bonds is 5. The zero-order chi connectivity index (χ0) is 13.2. The van der Waals surface area contributed by atoms with Crippen molar-refractivity contribution in [3.63, 3.8) is 0 Å². The van der Waals surface area contributed by atoms with Crippen LogP contribution in [0.25, 0.3) is 0 Å². The summed E-state index contributed by atoms with van der Waals surface area (Å²) in [5.41, 5.74) is 0.143. The molecule has 1 aromatic rings. The number of hydrogen-bond acceptors (Lipinski definition) is 3. The van der Waals surface area contributed by atoms with Crippen molar-refractivity contribution in [3.05, 3.63) is 18.2 Å². The standard InChI is InChI=1S/C14H26N4/c1-5-14(2,18-9-6-7-10-18)12(15-3)13-16-8-11-17(13)4/h8,11-12,15H,5-7,9-10H2,1-4H3. The Morgan fingerprint density at radius 3 is 2.56 bits per heavy atom. The average Bonchev–Trinajstić information content (AvgIpc) is 3.02. The van der Waals surface area contributed by atoms with Crippen LogP contribution in [0, 0.1) is 0 Å². The van der Waals surface area contributed by atoms with Gasteiger partial charge < -0.3 is 9.88 Å². The van der Waals surface area contributed by atoms with E-state index in [4.69, 9.17) is 0 Å². The molecule has 4 nitrogen and oxygen atoms in total. The van der Waals surface area contributed by atoms with E-state index in [1.165, 1.54) is 25.9 Å². The molecule has 0 spiro atoms. The molecule has 0 aromatic carbocycles. The van der Waals surface area contributed by atoms with Crippen molar-refractivity contribution in [1.82, 2.24) is 19.8 Å². The van der Waals surface area contributed by atoms with E-state index < -0.39 is 0 Å². The Morgan fingerprint density at radius 2 is 2.11 bits per heavy atom. The SMILES string of the molecule is CCC(C)(C(NC)c1nccn1C)N1CCCC1. The number of aromatic nitrogens is 2. The molecule has 4 heteroatoms. The smallest absolute Gasteiger partial charge is 0.127 e. The molecule has 1 aromatic heterocycles. The lowest BCUT2D eigenvalue weighted by atomic mass is 9.86. The van der Waals surface area contributed by atoms with Crippen molar-refractivity contribution in [1.29, 1.82) is 0 Å². The van der Waals surface area contributed by atoms with Gasteiger partial charge in [0, 0.05) is 25.0 Å². The largest absolute Gasteiger partial charge is 0.337 e. The number of nitrogens with one attached hydrogen (secondary N) is 1. The number of hydrogen-bond donors (Lipinski definition) is 1. The van der Waals surface area contributed by atoms with Crippen molar-refractivity contribution in [2.45, 2.75) is 44.7 Å². The van der Waals surface area contributed by atoms with E-state index >= 15 is 0 Å². The third-order valence-electron chi connectivity index (χ3n) is 4.57. The van der Waals surface area contributed by atoms with Gasteiger partial charge >= 0.3 is 0 Å². The lowest BCUT2D eigenvalue weighted by Gasteiger charge is -2.44. The van der Waals surface area contributed by atoms with Gasteiger partial charge in [0.25, 0.3) is 0 Å². The Balaban J connectivity index is 2.31. The van der Waals surface area contributed by atoms with Gasteiger partial charge in [-0.1, -0.05) is 6.92 Å². The number of imidazole rings is 1. The minimum atomic E-state index is 0.143. The van der Waals surface area contributed by atoms with Crippen molar-refractivity contribution in [3.8, 4) is 0 Å². The van der Waals surface area contributed by atoms with E-state index in [2.05, 4.69) is 40.7 Å². The molecule has 0 bridgehead atoms. The van der Waals surface area contributed by atoms with Crippen molar-refractivity contribution >= 4 is 0 Å². The van der Waals surface area contributed by atoms with Gasteiger partial charge in [0.15, 0.2) is 0 Å². The van der Waals surface area contributed by atoms with E-state index in [1.54, 1.807) is 0 Å². The molecule has 1 N–H and O–H groups in total. The van der Waals surface area contributed by atoms with Gasteiger partial charge in [0.2, 0.25) is 0 Å². The van der Waals surface area contributed by atoms with Gasteiger partial charge in [-0.3, -0.25) is 4.90 Å². The molecule has 2 heterocycles. The summed E-state index contributed by atoms with van der Waals surface area (Å²) in [6.45, 7) is 7.08. The fraction of sp³-hybridized carbons (Fsp3) is 0.786. The van der Waals surface area contributed by atoms with Gasteiger partial charge in [-0.05, 0) is 46.3 Å². The summed E-state index contributed by atoms with van der Waals surface area (Å²) < 4.78 is 2.13. The fourth-order valence-electron chi connectivity index (χ4n) is 3.21. The summed E-state index contributed by atoms with van der Waals surface area (Å²) in [6, 6.07) is 0.278. The summed E-state index contributed by atoms with van der Waals surface area (Å²) in [5.74, 6) is 1.13. The highest BCUT2D eigenvalue weighted by molar-refractivity contribution is 5.09. The normalized spacial score (nSPS) is 22.0. The molecular formula is C14H26N4. The minimum absolute atomic E-state index is 0.143. The van der Waals surface area contributed by atoms with Gasteiger partial charge in [-0.25, -0.2) is 4.98 Å². The Labute approximate surface area is 110 Å². The van der Waals surface area contributed by atoms with Gasteiger partial charge in [-0.2, -0.15) is 0 Å². The van der Waals surface area contributed by atoms with E-state index in [9.17, 15) is 0 Å². The van der Waals surface area contributed by atoms with E-state index in [0.29, 0.717) is 0 Å². The molecule has 2 rings (SSSR count). The molecule has 0 saturated carbocycles. The molecular weight excluding hydrogens is 224 g/mol. The summed E-state index contributed by atoms with van der Waals surface area (Å²) in [7, 11) is 4.12. The van der Waals surface area contributed by atoms with Crippen LogP contribution in [-0.4, -0.2) is 40.1 Å². The second-order valence-electron chi connectivity index (χ2n) is 5.52. The topological polar surface area (TPSA) is 33.1 Å². The molecule has 0 aliphatic carbocycles. The predicted molar refractivity (Wildman–Crippen MR) is 74.5 cm³/mol. The highest BCUT2D eigenvalue weighted by Gasteiger charge is 2.41. The van der Waals surface area contributed by atoms with E-state index in [0.717, 1.165) is 12.2 Å². The molecule has 18 heavy (non-hydrogen) atoms. The summed E-state index contributed by atoms with van der Waals surface area (Å²) >= 11 is 0. The van der Waals surface area contributed by atoms with Crippen LogP contribution in [0.3, 0.4) is 0 Å². The van der Waals surface area contributed by atoms with Crippen LogP contribution in [0.5, 0.6) is 0 Å². The molecule has 0 radical (unpaired) electrons. The van der Waals surface area contributed by atoms with Crippen LogP contribution in [0.1, 0.15) is 45.0 Å². The maximum Gasteiger partial charge on any atom is 0.127 e. The Morgan fingerprint density at radius 1 is 1.44 bits per heavy atom. The van der Waals surface area contributed by atoms with Crippen LogP contribution >= 0.6 is 0 Å². The molecule has 2 atom stereocenters. The van der Waals surface area contributed by atoms with E-state index in [1.807, 2.05) is 19.4 Å². The Kier molecular flexibility index (Phi) is 4.07. The first-order valence-electron chi connectivity index (χ1n) is 7.03. The van der Waals surface area contributed by atoms with E-state index in [-0.39, 0.29) is 11.6 Å². The molecule has 1 aliphatic rings. The average molecular weight is 250 g/mol. The first-order valence-corrected chi connectivity index (χ1v) is 7.03. The van der Waals surface area contributed by atoms with Crippen LogP contribution < -0.4 is 5.32 Å². The Bertz CT molecular complexity index is 381. The molecule has 2 unspecified atom stereocenters. The molecule has 1 aliphatic heterocycles. The maximum atomic E-state index is 4.55. The third kappa shape index (κ3) is 2.19. The quantitative estimate of drug-likeness (QED) is 0.867. The Hall–Kier alpha value is -0.870. The monoisotopic (exact) mass is 250 g/mol. The predicted octanol–water partition coefficient (Wildman–Crippen LogP) is 1.95. The molecule has 0 amide bonds. The highest BCUT2D eigenvalue weighted by Crippen LogP contribution is 2.35. The van der Waals surface area contributed by atoms with Gasteiger partial charge in [0.05, 0.1) is 6.04 Å². The van der Waals surface area contributed by atoms with Crippen molar-refractivity contribution < 1.29 is 0 Å². The second kappa shape index (κ2) is 5.41. The molecule has 1 fully saturated rings. The summed E-state index contributed by atoms with van der Waals surface area (Å²) in [6.07, 6.45) is 7.70. The van der Waals surface area contributed by atoms with Gasteiger partial charge in [-0.15, -0.1) is 0 Å². The second-order valence-corrected chi connectivity index (χ2v) is 5.52. The lowest BCUT2D eigenvalue weighted by Crippen LogP contribution is -2.53. The first-order chi connectivity index (χ1) is 8.63. The zero-order valence-corrected chi connectivity index (χ0v) is 12.1. The number of likely N-dealkylation sites (tertiary alicyclic amines) is 1. The van der Waals surface area contributed by atoms with Gasteiger partial charge in [0.1, 0.15) is 5.82 Å². The fourth-order valence-corrected chi connectivity index (χ4v) is 3.21. The summed E-state index contributed by atoms with van der Waals surface area (Å²) in [5, 5.41) is 3.49. The lowest BCUT2D eigenvalue weighted by molar-refractivity contribution is 0.0826. The zero-order valence-electron chi connectivity index (χ0n) is 12.1. The van der Waals surface area contributed by atoms with Crippen LogP contribution in [0.4, 0.5) is 0 Å². The molecule has 102 valence electrons. The van der Waals surface area contributed by atoms with Crippen molar-refractivity contribution in [2.24, 2.45) is 7.05 Å². The maximum absolute atomic E-state index is 4.55.